The number of carbonyl (C=O) groups is 3. The Bertz CT molecular complexity index is 1450. The number of halogens is 7. The van der Waals surface area contributed by atoms with E-state index in [0.717, 1.165) is 0 Å². The van der Waals surface area contributed by atoms with Gasteiger partial charge in [-0.1, -0.05) is 29.8 Å². The smallest absolute Gasteiger partial charge is 0.435 e. The summed E-state index contributed by atoms with van der Waals surface area (Å²) in [7, 11) is 0. The summed E-state index contributed by atoms with van der Waals surface area (Å²) >= 11 is 6.15. The summed E-state index contributed by atoms with van der Waals surface area (Å²) in [5, 5.41) is 17.1. The lowest BCUT2D eigenvalue weighted by molar-refractivity contribution is -0.144. The van der Waals surface area contributed by atoms with Crippen LogP contribution in [0.4, 0.5) is 32.0 Å². The molecular formula is C25H21ClF6N4O4. The van der Waals surface area contributed by atoms with Crippen LogP contribution < -0.4 is 10.6 Å². The van der Waals surface area contributed by atoms with E-state index in [2.05, 4.69) is 15.7 Å². The van der Waals surface area contributed by atoms with E-state index in [1.807, 2.05) is 0 Å². The number of hydrogen-bond acceptors (Lipinski definition) is 5. The lowest BCUT2D eigenvalue weighted by atomic mass is 10.0. The monoisotopic (exact) mass is 590 g/mol. The number of carbonyl (C=O) groups excluding carboxylic acids is 2. The van der Waals surface area contributed by atoms with Gasteiger partial charge in [0.05, 0.1) is 29.2 Å². The second kappa shape index (κ2) is 11.7. The van der Waals surface area contributed by atoms with Crippen molar-refractivity contribution in [1.29, 1.82) is 0 Å². The largest absolute Gasteiger partial charge is 0.480 e. The van der Waals surface area contributed by atoms with Crippen molar-refractivity contribution >= 4 is 34.9 Å². The van der Waals surface area contributed by atoms with Crippen molar-refractivity contribution < 1.29 is 45.8 Å². The quantitative estimate of drug-likeness (QED) is 0.226. The van der Waals surface area contributed by atoms with Crippen molar-refractivity contribution in [2.45, 2.75) is 38.8 Å². The van der Waals surface area contributed by atoms with E-state index in [0.29, 0.717) is 5.56 Å². The zero-order valence-corrected chi connectivity index (χ0v) is 21.5. The Labute approximate surface area is 227 Å². The Hall–Kier alpha value is -3.91. The van der Waals surface area contributed by atoms with Gasteiger partial charge in [0, 0.05) is 11.8 Å². The summed E-state index contributed by atoms with van der Waals surface area (Å²) in [5.74, 6) is -2.59. The molecule has 0 aliphatic rings. The number of carboxylic acid groups (broad SMARTS) is 1. The summed E-state index contributed by atoms with van der Waals surface area (Å²) in [6.45, 7) is 1.78. The van der Waals surface area contributed by atoms with Gasteiger partial charge >= 0.3 is 18.3 Å². The molecule has 1 amide bonds. The van der Waals surface area contributed by atoms with Gasteiger partial charge in [0.15, 0.2) is 11.5 Å². The minimum Gasteiger partial charge on any atom is -0.480 e. The molecule has 0 fully saturated rings. The molecule has 0 aliphatic carbocycles. The molecule has 1 heterocycles. The molecule has 214 valence electrons. The van der Waals surface area contributed by atoms with Crippen molar-refractivity contribution in [2.24, 2.45) is 0 Å². The standard InChI is InChI=1S/C25H21ClF6N4O4/c1-12-8-14(11-36-20(25(30,31)32)9-19(35-36)24(27,28)29)6-7-17(12)34-22(38)15-4-3-5-16(26)21(15)18(37)10-33-13(2)23(39)40/h3-9,13,33H,10-11H2,1-2H3,(H,34,38)(H,39,40). The number of aromatic nitrogens is 2. The molecule has 0 bridgehead atoms. The topological polar surface area (TPSA) is 113 Å². The highest BCUT2D eigenvalue weighted by molar-refractivity contribution is 6.35. The molecule has 0 saturated carbocycles. The number of carboxylic acids is 1. The van der Waals surface area contributed by atoms with Crippen molar-refractivity contribution in [3.63, 3.8) is 0 Å². The molecule has 3 rings (SSSR count). The molecule has 0 saturated heterocycles. The molecule has 0 radical (unpaired) electrons. The number of hydrogen-bond donors (Lipinski definition) is 3. The maximum absolute atomic E-state index is 13.3. The van der Waals surface area contributed by atoms with Gasteiger partial charge in [0.1, 0.15) is 11.7 Å². The third kappa shape index (κ3) is 7.18. The van der Waals surface area contributed by atoms with E-state index in [-0.39, 0.29) is 38.1 Å². The van der Waals surface area contributed by atoms with Gasteiger partial charge in [-0.05, 0) is 43.2 Å². The Morgan fingerprint density at radius 2 is 1.73 bits per heavy atom. The number of nitrogens with one attached hydrogen (secondary N) is 2. The highest BCUT2D eigenvalue weighted by atomic mass is 35.5. The van der Waals surface area contributed by atoms with Crippen LogP contribution >= 0.6 is 11.6 Å². The maximum Gasteiger partial charge on any atom is 0.435 e. The fourth-order valence-electron chi connectivity index (χ4n) is 3.65. The van der Waals surface area contributed by atoms with Gasteiger partial charge in [0.25, 0.3) is 5.91 Å². The number of anilines is 1. The van der Waals surface area contributed by atoms with E-state index in [1.54, 1.807) is 0 Å². The van der Waals surface area contributed by atoms with Crippen LogP contribution in [0.25, 0.3) is 0 Å². The summed E-state index contributed by atoms with van der Waals surface area (Å²) in [6, 6.07) is 7.03. The number of Topliss-reactive ketones (excluding diaryl/α,β-unsaturated/α-hetero) is 1. The molecule has 3 N–H and O–H groups in total. The number of nitrogens with zero attached hydrogens (tertiary/aromatic N) is 2. The van der Waals surface area contributed by atoms with E-state index in [9.17, 15) is 40.7 Å². The Kier molecular flexibility index (Phi) is 8.94. The number of alkyl halides is 6. The summed E-state index contributed by atoms with van der Waals surface area (Å²) < 4.78 is 79.0. The second-order valence-electron chi connectivity index (χ2n) is 8.70. The van der Waals surface area contributed by atoms with Crippen LogP contribution in [0.2, 0.25) is 5.02 Å². The van der Waals surface area contributed by atoms with Crippen LogP contribution in [0.3, 0.4) is 0 Å². The highest BCUT2D eigenvalue weighted by Crippen LogP contribution is 2.35. The van der Waals surface area contributed by atoms with Crippen molar-refractivity contribution in [2.75, 3.05) is 11.9 Å². The molecule has 3 aromatic rings. The van der Waals surface area contributed by atoms with E-state index in [1.165, 1.54) is 50.2 Å². The average molecular weight is 591 g/mol. The maximum atomic E-state index is 13.3. The van der Waals surface area contributed by atoms with Crippen molar-refractivity contribution in [3.8, 4) is 0 Å². The van der Waals surface area contributed by atoms with Gasteiger partial charge in [-0.25, -0.2) is 0 Å². The predicted octanol–water partition coefficient (Wildman–Crippen LogP) is 5.43. The third-order valence-corrected chi connectivity index (χ3v) is 6.02. The number of rotatable bonds is 9. The first kappa shape index (κ1) is 30.6. The zero-order valence-electron chi connectivity index (χ0n) is 20.7. The molecule has 2 aromatic carbocycles. The molecule has 8 nitrogen and oxygen atoms in total. The van der Waals surface area contributed by atoms with E-state index in [4.69, 9.17) is 16.7 Å². The first-order valence-corrected chi connectivity index (χ1v) is 11.8. The normalized spacial score (nSPS) is 12.7. The van der Waals surface area contributed by atoms with Crippen LogP contribution in [-0.4, -0.2) is 45.1 Å². The lowest BCUT2D eigenvalue weighted by Gasteiger charge is -2.15. The Morgan fingerprint density at radius 3 is 2.30 bits per heavy atom. The molecule has 0 aliphatic heterocycles. The third-order valence-electron chi connectivity index (χ3n) is 5.71. The zero-order chi connectivity index (χ0) is 30.0. The minimum absolute atomic E-state index is 0.0487. The highest BCUT2D eigenvalue weighted by Gasteiger charge is 2.41. The van der Waals surface area contributed by atoms with Gasteiger partial charge in [-0.15, -0.1) is 0 Å². The lowest BCUT2D eigenvalue weighted by Crippen LogP contribution is -2.37. The second-order valence-corrected chi connectivity index (χ2v) is 9.10. The molecule has 1 atom stereocenters. The average Bonchev–Trinajstić information content (AvgIpc) is 3.28. The fourth-order valence-corrected chi connectivity index (χ4v) is 3.93. The molecule has 0 spiro atoms. The summed E-state index contributed by atoms with van der Waals surface area (Å²) in [4.78, 5) is 36.8. The van der Waals surface area contributed by atoms with Crippen LogP contribution in [-0.2, 0) is 23.7 Å². The first-order valence-electron chi connectivity index (χ1n) is 11.4. The van der Waals surface area contributed by atoms with Crippen LogP contribution in [0.1, 0.15) is 50.2 Å². The SMILES string of the molecule is Cc1cc(Cn2nc(C(F)(F)F)cc2C(F)(F)F)ccc1NC(=O)c1cccc(Cl)c1C(=O)CNC(C)C(=O)O. The van der Waals surface area contributed by atoms with Crippen LogP contribution in [0.5, 0.6) is 0 Å². The van der Waals surface area contributed by atoms with E-state index >= 15 is 0 Å². The van der Waals surface area contributed by atoms with Gasteiger partial charge in [-0.3, -0.25) is 24.4 Å². The number of aliphatic carboxylic acids is 1. The number of ketones is 1. The van der Waals surface area contributed by atoms with Crippen molar-refractivity contribution in [3.05, 3.63) is 81.1 Å². The Balaban J connectivity index is 1.83. The molecule has 15 heteroatoms. The van der Waals surface area contributed by atoms with Gasteiger partial charge < -0.3 is 10.4 Å². The molecule has 40 heavy (non-hydrogen) atoms. The van der Waals surface area contributed by atoms with Gasteiger partial charge in [-0.2, -0.15) is 31.4 Å². The number of benzene rings is 2. The van der Waals surface area contributed by atoms with Crippen LogP contribution in [0.15, 0.2) is 42.5 Å². The van der Waals surface area contributed by atoms with Crippen molar-refractivity contribution in [1.82, 2.24) is 15.1 Å². The predicted molar refractivity (Wildman–Crippen MR) is 131 cm³/mol. The fraction of sp³-hybridized carbons (Fsp3) is 0.280. The molecular weight excluding hydrogens is 570 g/mol. The molecule has 1 aromatic heterocycles. The van der Waals surface area contributed by atoms with Gasteiger partial charge in [0.2, 0.25) is 0 Å². The summed E-state index contributed by atoms with van der Waals surface area (Å²) in [5.41, 5.74) is -2.78. The van der Waals surface area contributed by atoms with Crippen LogP contribution in [0, 0.1) is 6.92 Å². The Morgan fingerprint density at radius 1 is 1.05 bits per heavy atom. The first-order chi connectivity index (χ1) is 18.5. The minimum atomic E-state index is -5.08. The summed E-state index contributed by atoms with van der Waals surface area (Å²) in [6.07, 6.45) is -10.1. The number of aryl methyl sites for hydroxylation is 1. The van der Waals surface area contributed by atoms with E-state index < -0.39 is 60.5 Å². The molecule has 1 unspecified atom stereocenters. The number of amides is 1.